The van der Waals surface area contributed by atoms with Gasteiger partial charge in [-0.15, -0.1) is 0 Å². The van der Waals surface area contributed by atoms with Crippen LogP contribution in [0.3, 0.4) is 0 Å². The Morgan fingerprint density at radius 2 is 1.56 bits per heavy atom. The normalized spacial score (nSPS) is 20.7. The van der Waals surface area contributed by atoms with Gasteiger partial charge in [-0.3, -0.25) is 14.5 Å². The van der Waals surface area contributed by atoms with E-state index in [9.17, 15) is 14.7 Å². The fourth-order valence-electron chi connectivity index (χ4n) is 5.14. The fourth-order valence-corrected chi connectivity index (χ4v) is 5.14. The van der Waals surface area contributed by atoms with Crippen LogP contribution in [0.2, 0.25) is 0 Å². The van der Waals surface area contributed by atoms with Crippen molar-refractivity contribution in [3.63, 3.8) is 0 Å². The summed E-state index contributed by atoms with van der Waals surface area (Å²) in [7, 11) is 4.48. The van der Waals surface area contributed by atoms with Gasteiger partial charge in [-0.2, -0.15) is 0 Å². The summed E-state index contributed by atoms with van der Waals surface area (Å²) < 4.78 is 33.2. The van der Waals surface area contributed by atoms with Gasteiger partial charge in [0.2, 0.25) is 5.75 Å². The minimum atomic E-state index is -0.895. The lowest BCUT2D eigenvalue weighted by Crippen LogP contribution is -2.42. The number of benzene rings is 2. The molecule has 5 rings (SSSR count). The number of morpholine rings is 1. The Morgan fingerprint density at radius 1 is 0.897 bits per heavy atom. The summed E-state index contributed by atoms with van der Waals surface area (Å²) in [5, 5.41) is 11.5. The Labute approximate surface area is 226 Å². The maximum absolute atomic E-state index is 13.5. The Balaban J connectivity index is 1.61. The molecule has 2 saturated heterocycles. The number of likely N-dealkylation sites (tertiary alicyclic amines) is 1. The van der Waals surface area contributed by atoms with Crippen LogP contribution in [0.15, 0.2) is 35.9 Å². The highest BCUT2D eigenvalue weighted by Gasteiger charge is 2.46. The number of fused-ring (bicyclic) bond motifs is 1. The Kier molecular flexibility index (Phi) is 7.80. The van der Waals surface area contributed by atoms with Crippen molar-refractivity contribution in [1.82, 2.24) is 9.80 Å². The first-order valence-corrected chi connectivity index (χ1v) is 12.7. The standard InChI is InChI=1S/C28H32N2O9/c1-34-21-15-18(16-22(35-2)27(21)36-3)24-23(25(31)17-4-5-19-20(14-17)39-13-12-38-19)26(32)28(33)30(24)7-6-29-8-10-37-11-9-29/h4-5,14-16,24,31H,6-13H2,1-3H3/b25-23-. The molecular formula is C28H32N2O9. The zero-order valence-corrected chi connectivity index (χ0v) is 22.2. The zero-order chi connectivity index (χ0) is 27.5. The number of carbonyl (C=O) groups is 2. The van der Waals surface area contributed by atoms with Crippen molar-refractivity contribution in [3.05, 3.63) is 47.0 Å². The summed E-state index contributed by atoms with van der Waals surface area (Å²) in [4.78, 5) is 30.6. The summed E-state index contributed by atoms with van der Waals surface area (Å²) >= 11 is 0. The lowest BCUT2D eigenvalue weighted by Gasteiger charge is -2.31. The molecule has 11 nitrogen and oxygen atoms in total. The van der Waals surface area contributed by atoms with Gasteiger partial charge in [0, 0.05) is 31.7 Å². The van der Waals surface area contributed by atoms with Gasteiger partial charge in [0.25, 0.3) is 11.7 Å². The molecule has 39 heavy (non-hydrogen) atoms. The molecule has 2 aromatic carbocycles. The molecule has 0 aromatic heterocycles. The van der Waals surface area contributed by atoms with Crippen molar-refractivity contribution in [2.75, 3.05) is 73.9 Å². The van der Waals surface area contributed by atoms with Crippen LogP contribution in [0, 0.1) is 0 Å². The number of aliphatic hydroxyl groups is 1. The summed E-state index contributed by atoms with van der Waals surface area (Å²) in [6, 6.07) is 7.40. The van der Waals surface area contributed by atoms with E-state index in [0.29, 0.717) is 72.8 Å². The number of aliphatic hydroxyl groups excluding tert-OH is 1. The van der Waals surface area contributed by atoms with Gasteiger partial charge >= 0.3 is 0 Å². The second-order valence-corrected chi connectivity index (χ2v) is 9.26. The van der Waals surface area contributed by atoms with Gasteiger partial charge in [-0.1, -0.05) is 0 Å². The van der Waals surface area contributed by atoms with Gasteiger partial charge in [0.15, 0.2) is 23.0 Å². The van der Waals surface area contributed by atoms with Gasteiger partial charge in [-0.25, -0.2) is 0 Å². The van der Waals surface area contributed by atoms with E-state index in [4.69, 9.17) is 28.4 Å². The second kappa shape index (κ2) is 11.4. The van der Waals surface area contributed by atoms with Crippen molar-refractivity contribution < 1.29 is 43.1 Å². The number of rotatable bonds is 8. The van der Waals surface area contributed by atoms with E-state index in [2.05, 4.69) is 4.90 Å². The molecule has 11 heteroatoms. The fraction of sp³-hybridized carbons (Fsp3) is 0.429. The first-order chi connectivity index (χ1) is 19.0. The van der Waals surface area contributed by atoms with E-state index in [1.54, 1.807) is 30.3 Å². The van der Waals surface area contributed by atoms with Crippen LogP contribution in [0.4, 0.5) is 0 Å². The number of nitrogens with zero attached hydrogens (tertiary/aromatic N) is 2. The van der Waals surface area contributed by atoms with E-state index in [1.165, 1.54) is 26.2 Å². The highest BCUT2D eigenvalue weighted by molar-refractivity contribution is 6.46. The smallest absolute Gasteiger partial charge is 0.295 e. The van der Waals surface area contributed by atoms with Crippen LogP contribution in [-0.2, 0) is 14.3 Å². The van der Waals surface area contributed by atoms with Crippen LogP contribution in [0.1, 0.15) is 17.2 Å². The molecule has 208 valence electrons. The van der Waals surface area contributed by atoms with Crippen molar-refractivity contribution in [1.29, 1.82) is 0 Å². The van der Waals surface area contributed by atoms with Gasteiger partial charge < -0.3 is 38.4 Å². The minimum Gasteiger partial charge on any atom is -0.507 e. The van der Waals surface area contributed by atoms with Crippen LogP contribution >= 0.6 is 0 Å². The number of carbonyl (C=O) groups excluding carboxylic acids is 2. The number of hydrogen-bond donors (Lipinski definition) is 1. The van der Waals surface area contributed by atoms with Crippen LogP contribution in [0.5, 0.6) is 28.7 Å². The van der Waals surface area contributed by atoms with Gasteiger partial charge in [0.1, 0.15) is 19.0 Å². The molecule has 0 spiro atoms. The Morgan fingerprint density at radius 3 is 2.21 bits per heavy atom. The molecular weight excluding hydrogens is 508 g/mol. The number of amides is 1. The van der Waals surface area contributed by atoms with Crippen molar-refractivity contribution in [2.24, 2.45) is 0 Å². The number of ether oxygens (including phenoxy) is 6. The molecule has 3 aliphatic rings. The second-order valence-electron chi connectivity index (χ2n) is 9.26. The van der Waals surface area contributed by atoms with Crippen molar-refractivity contribution in [3.8, 4) is 28.7 Å². The largest absolute Gasteiger partial charge is 0.507 e. The first kappa shape index (κ1) is 26.6. The van der Waals surface area contributed by atoms with Crippen molar-refractivity contribution in [2.45, 2.75) is 6.04 Å². The number of hydrogen-bond acceptors (Lipinski definition) is 10. The quantitative estimate of drug-likeness (QED) is 0.304. The van der Waals surface area contributed by atoms with E-state index in [1.807, 2.05) is 0 Å². The lowest BCUT2D eigenvalue weighted by molar-refractivity contribution is -0.140. The lowest BCUT2D eigenvalue weighted by atomic mass is 9.94. The summed E-state index contributed by atoms with van der Waals surface area (Å²) in [6.07, 6.45) is 0. The monoisotopic (exact) mass is 540 g/mol. The zero-order valence-electron chi connectivity index (χ0n) is 22.2. The number of ketones is 1. The highest BCUT2D eigenvalue weighted by Crippen LogP contribution is 2.46. The molecule has 2 fully saturated rings. The molecule has 3 heterocycles. The highest BCUT2D eigenvalue weighted by atomic mass is 16.6. The summed E-state index contributed by atoms with van der Waals surface area (Å²) in [6.45, 7) is 4.29. The maximum Gasteiger partial charge on any atom is 0.295 e. The topological polar surface area (TPSA) is 116 Å². The Hall–Kier alpha value is -3.96. The molecule has 1 unspecified atom stereocenters. The summed E-state index contributed by atoms with van der Waals surface area (Å²) in [5.41, 5.74) is 0.834. The predicted octanol–water partition coefficient (Wildman–Crippen LogP) is 2.24. The molecule has 0 saturated carbocycles. The molecule has 1 N–H and O–H groups in total. The van der Waals surface area contributed by atoms with Crippen LogP contribution in [-0.4, -0.2) is 101 Å². The average molecular weight is 541 g/mol. The first-order valence-electron chi connectivity index (χ1n) is 12.7. The van der Waals surface area contributed by atoms with E-state index in [0.717, 1.165) is 13.1 Å². The Bertz CT molecular complexity index is 1260. The third-order valence-electron chi connectivity index (χ3n) is 7.12. The molecule has 2 aromatic rings. The molecule has 0 radical (unpaired) electrons. The van der Waals surface area contributed by atoms with E-state index < -0.39 is 17.7 Å². The van der Waals surface area contributed by atoms with E-state index >= 15 is 0 Å². The molecule has 0 aliphatic carbocycles. The van der Waals surface area contributed by atoms with Crippen molar-refractivity contribution >= 4 is 17.4 Å². The van der Waals surface area contributed by atoms with Gasteiger partial charge in [0.05, 0.1) is 46.2 Å². The van der Waals surface area contributed by atoms with Crippen LogP contribution < -0.4 is 23.7 Å². The van der Waals surface area contributed by atoms with Gasteiger partial charge in [-0.05, 0) is 35.9 Å². The third-order valence-corrected chi connectivity index (χ3v) is 7.12. The summed E-state index contributed by atoms with van der Waals surface area (Å²) in [5.74, 6) is 0.332. The average Bonchev–Trinajstić information content (AvgIpc) is 3.24. The SMILES string of the molecule is COc1cc(C2/C(=C(/O)c3ccc4c(c3)OCCO4)C(=O)C(=O)N2CCN2CCOCC2)cc(OC)c1OC. The molecule has 0 bridgehead atoms. The molecule has 1 atom stereocenters. The number of methoxy groups -OCH3 is 3. The minimum absolute atomic E-state index is 0.0343. The number of Topliss-reactive ketones (excluding diaryl/α,β-unsaturated/α-hetero) is 1. The molecule has 3 aliphatic heterocycles. The maximum atomic E-state index is 13.5. The molecule has 1 amide bonds. The third kappa shape index (κ3) is 5.07. The van der Waals surface area contributed by atoms with Crippen LogP contribution in [0.25, 0.3) is 5.76 Å². The van der Waals surface area contributed by atoms with E-state index in [-0.39, 0.29) is 17.9 Å². The predicted molar refractivity (Wildman–Crippen MR) is 140 cm³/mol.